The summed E-state index contributed by atoms with van der Waals surface area (Å²) in [4.78, 5) is 12.1. The Morgan fingerprint density at radius 1 is 1.20 bits per heavy atom. The molecule has 0 radical (unpaired) electrons. The number of benzene rings is 1. The summed E-state index contributed by atoms with van der Waals surface area (Å²) < 4.78 is 27.4. The number of aromatic nitrogens is 4. The summed E-state index contributed by atoms with van der Waals surface area (Å²) in [6.07, 6.45) is 2.77. The third kappa shape index (κ3) is 3.97. The van der Waals surface area contributed by atoms with Gasteiger partial charge in [-0.15, -0.1) is 0 Å². The molecule has 1 amide bonds. The van der Waals surface area contributed by atoms with Crippen molar-refractivity contribution in [3.05, 3.63) is 64.0 Å². The predicted molar refractivity (Wildman–Crippen MR) is 89.2 cm³/mol. The Balaban J connectivity index is 1.70. The minimum absolute atomic E-state index is 0.229. The van der Waals surface area contributed by atoms with E-state index in [1.807, 2.05) is 0 Å². The highest BCUT2D eigenvalue weighted by Gasteiger charge is 2.18. The molecule has 130 valence electrons. The normalized spacial score (nSPS) is 11.1. The monoisotopic (exact) mass is 385 g/mol. The minimum atomic E-state index is -2.90. The van der Waals surface area contributed by atoms with Crippen molar-refractivity contribution < 1.29 is 13.6 Å². The van der Waals surface area contributed by atoms with E-state index in [2.05, 4.69) is 15.5 Å². The Morgan fingerprint density at radius 2 is 2.00 bits per heavy atom. The maximum absolute atomic E-state index is 12.7. The Morgan fingerprint density at radius 3 is 2.72 bits per heavy atom. The number of alkyl halides is 2. The first-order valence-electron chi connectivity index (χ1n) is 7.04. The van der Waals surface area contributed by atoms with Crippen molar-refractivity contribution in [1.82, 2.24) is 19.6 Å². The minimum Gasteiger partial charge on any atom is -0.304 e. The van der Waals surface area contributed by atoms with Crippen LogP contribution in [-0.2, 0) is 6.54 Å². The number of hydrogen-bond donors (Lipinski definition) is 1. The molecule has 10 heteroatoms. The molecule has 1 aromatic carbocycles. The van der Waals surface area contributed by atoms with E-state index >= 15 is 0 Å². The fourth-order valence-corrected chi connectivity index (χ4v) is 2.49. The molecular weight excluding hydrogens is 375 g/mol. The number of rotatable bonds is 5. The van der Waals surface area contributed by atoms with E-state index in [1.54, 1.807) is 35.1 Å². The lowest BCUT2D eigenvalue weighted by molar-refractivity contribution is 0.0520. The number of amides is 1. The largest absolute Gasteiger partial charge is 0.333 e. The highest BCUT2D eigenvalue weighted by molar-refractivity contribution is 6.42. The molecule has 0 aliphatic heterocycles. The van der Waals surface area contributed by atoms with Gasteiger partial charge in [-0.25, -0.2) is 0 Å². The van der Waals surface area contributed by atoms with E-state index in [-0.39, 0.29) is 11.5 Å². The highest BCUT2D eigenvalue weighted by atomic mass is 35.5. The number of hydrogen-bond acceptors (Lipinski definition) is 3. The van der Waals surface area contributed by atoms with Gasteiger partial charge in [0.05, 0.1) is 16.6 Å². The molecule has 0 unspecified atom stereocenters. The average Bonchev–Trinajstić information content (AvgIpc) is 3.20. The van der Waals surface area contributed by atoms with E-state index in [0.717, 1.165) is 11.8 Å². The van der Waals surface area contributed by atoms with Crippen LogP contribution in [0.25, 0.3) is 0 Å². The molecule has 2 aromatic heterocycles. The zero-order valence-corrected chi connectivity index (χ0v) is 14.0. The van der Waals surface area contributed by atoms with Crippen LogP contribution in [0.15, 0.2) is 42.7 Å². The van der Waals surface area contributed by atoms with Crippen molar-refractivity contribution in [2.45, 2.75) is 13.1 Å². The van der Waals surface area contributed by atoms with E-state index < -0.39 is 12.5 Å². The van der Waals surface area contributed by atoms with Crippen LogP contribution in [0.5, 0.6) is 0 Å². The molecule has 0 bridgehead atoms. The van der Waals surface area contributed by atoms with Gasteiger partial charge in [0.25, 0.3) is 5.91 Å². The lowest BCUT2D eigenvalue weighted by Gasteiger charge is -2.06. The SMILES string of the molecule is O=C(Nc1ccn(Cc2ccc(Cl)c(Cl)c2)n1)c1ccnn1C(F)F. The lowest BCUT2D eigenvalue weighted by atomic mass is 10.2. The molecule has 0 saturated heterocycles. The average molecular weight is 386 g/mol. The molecule has 25 heavy (non-hydrogen) atoms. The van der Waals surface area contributed by atoms with Crippen LogP contribution in [0.1, 0.15) is 22.6 Å². The van der Waals surface area contributed by atoms with E-state index in [0.29, 0.717) is 21.3 Å². The van der Waals surface area contributed by atoms with Gasteiger partial charge in [0.15, 0.2) is 5.82 Å². The topological polar surface area (TPSA) is 64.7 Å². The predicted octanol–water partition coefficient (Wildman–Crippen LogP) is 4.08. The van der Waals surface area contributed by atoms with Gasteiger partial charge in [-0.05, 0) is 23.8 Å². The van der Waals surface area contributed by atoms with Crippen molar-refractivity contribution in [3.8, 4) is 0 Å². The third-order valence-corrected chi connectivity index (χ3v) is 4.04. The van der Waals surface area contributed by atoms with Crippen molar-refractivity contribution in [2.24, 2.45) is 0 Å². The molecular formula is C15H11Cl2F2N5O. The van der Waals surface area contributed by atoms with E-state index in [9.17, 15) is 13.6 Å². The zero-order chi connectivity index (χ0) is 18.0. The first-order chi connectivity index (χ1) is 11.9. The summed E-state index contributed by atoms with van der Waals surface area (Å²) in [6.45, 7) is -2.50. The maximum atomic E-state index is 12.7. The van der Waals surface area contributed by atoms with Gasteiger partial charge >= 0.3 is 6.55 Å². The number of carbonyl (C=O) groups is 1. The second-order valence-corrected chi connectivity index (χ2v) is 5.85. The highest BCUT2D eigenvalue weighted by Crippen LogP contribution is 2.23. The second-order valence-electron chi connectivity index (χ2n) is 5.04. The van der Waals surface area contributed by atoms with Gasteiger partial charge in [0, 0.05) is 18.5 Å². The Kier molecular flexibility index (Phi) is 5.00. The summed E-state index contributed by atoms with van der Waals surface area (Å²) in [7, 11) is 0. The van der Waals surface area contributed by atoms with Crippen molar-refractivity contribution >= 4 is 34.9 Å². The van der Waals surface area contributed by atoms with Crippen molar-refractivity contribution in [1.29, 1.82) is 0 Å². The molecule has 0 fully saturated rings. The van der Waals surface area contributed by atoms with Crippen LogP contribution in [0.2, 0.25) is 10.0 Å². The van der Waals surface area contributed by atoms with E-state index in [4.69, 9.17) is 23.2 Å². The summed E-state index contributed by atoms with van der Waals surface area (Å²) in [5.41, 5.74) is 0.611. The molecule has 0 aliphatic carbocycles. The van der Waals surface area contributed by atoms with Gasteiger partial charge < -0.3 is 5.32 Å². The Labute approximate surface area is 151 Å². The molecule has 6 nitrogen and oxygen atoms in total. The quantitative estimate of drug-likeness (QED) is 0.719. The summed E-state index contributed by atoms with van der Waals surface area (Å²) >= 11 is 11.8. The van der Waals surface area contributed by atoms with Crippen LogP contribution in [0.3, 0.4) is 0 Å². The molecule has 0 spiro atoms. The second kappa shape index (κ2) is 7.20. The Bertz CT molecular complexity index is 909. The fourth-order valence-electron chi connectivity index (χ4n) is 2.17. The first kappa shape index (κ1) is 17.4. The molecule has 0 atom stereocenters. The zero-order valence-electron chi connectivity index (χ0n) is 12.5. The number of nitrogens with zero attached hydrogens (tertiary/aromatic N) is 4. The van der Waals surface area contributed by atoms with Gasteiger partial charge in [-0.2, -0.15) is 23.7 Å². The summed E-state index contributed by atoms with van der Waals surface area (Å²) in [5.74, 6) is -0.496. The van der Waals surface area contributed by atoms with Crippen LogP contribution in [-0.4, -0.2) is 25.5 Å². The maximum Gasteiger partial charge on any atom is 0.333 e. The smallest absolute Gasteiger partial charge is 0.304 e. The molecule has 0 aliphatic rings. The van der Waals surface area contributed by atoms with Crippen LogP contribution in [0, 0.1) is 0 Å². The lowest BCUT2D eigenvalue weighted by Crippen LogP contribution is -2.18. The number of halogens is 4. The third-order valence-electron chi connectivity index (χ3n) is 3.30. The van der Waals surface area contributed by atoms with Crippen LogP contribution >= 0.6 is 23.2 Å². The van der Waals surface area contributed by atoms with Crippen molar-refractivity contribution in [3.63, 3.8) is 0 Å². The number of carbonyl (C=O) groups excluding carboxylic acids is 1. The van der Waals surface area contributed by atoms with Gasteiger partial charge in [0.2, 0.25) is 0 Å². The van der Waals surface area contributed by atoms with Gasteiger partial charge in [0.1, 0.15) is 5.69 Å². The number of anilines is 1. The molecule has 0 saturated carbocycles. The van der Waals surface area contributed by atoms with Crippen LogP contribution in [0.4, 0.5) is 14.6 Å². The number of nitrogens with one attached hydrogen (secondary N) is 1. The Hall–Kier alpha value is -2.45. The standard InChI is InChI=1S/C15H11Cl2F2N5O/c16-10-2-1-9(7-11(10)17)8-23-6-4-13(22-23)21-14(25)12-3-5-20-24(12)15(18)19/h1-7,15H,8H2,(H,21,22,25). The van der Waals surface area contributed by atoms with Gasteiger partial charge in [-0.3, -0.25) is 9.48 Å². The fraction of sp³-hybridized carbons (Fsp3) is 0.133. The molecule has 3 aromatic rings. The molecule has 1 N–H and O–H groups in total. The summed E-state index contributed by atoms with van der Waals surface area (Å²) in [6, 6.07) is 7.95. The summed E-state index contributed by atoms with van der Waals surface area (Å²) in [5, 5.41) is 10.9. The van der Waals surface area contributed by atoms with Gasteiger partial charge in [-0.1, -0.05) is 29.3 Å². The van der Waals surface area contributed by atoms with Crippen molar-refractivity contribution in [2.75, 3.05) is 5.32 Å². The molecule has 3 rings (SSSR count). The van der Waals surface area contributed by atoms with E-state index in [1.165, 1.54) is 6.07 Å². The first-order valence-corrected chi connectivity index (χ1v) is 7.80. The van der Waals surface area contributed by atoms with Crippen LogP contribution < -0.4 is 5.32 Å². The molecule has 2 heterocycles.